The van der Waals surface area contributed by atoms with Crippen molar-refractivity contribution in [2.75, 3.05) is 18.1 Å². The Kier molecular flexibility index (Phi) is 4.26. The molecule has 1 amide bonds. The maximum atomic E-state index is 12.6. The van der Waals surface area contributed by atoms with Gasteiger partial charge < -0.3 is 10.1 Å². The van der Waals surface area contributed by atoms with Crippen LogP contribution in [0.5, 0.6) is 5.75 Å². The normalized spacial score (nSPS) is 19.6. The van der Waals surface area contributed by atoms with Gasteiger partial charge in [-0.15, -0.1) is 0 Å². The first-order valence-corrected chi connectivity index (χ1v) is 9.47. The molecule has 1 N–H and O–H groups in total. The van der Waals surface area contributed by atoms with Crippen molar-refractivity contribution >= 4 is 26.5 Å². The van der Waals surface area contributed by atoms with E-state index in [1.807, 2.05) is 37.3 Å². The summed E-state index contributed by atoms with van der Waals surface area (Å²) in [6.07, 6.45) is 0.464. The van der Waals surface area contributed by atoms with Crippen molar-refractivity contribution in [1.29, 1.82) is 0 Å². The Labute approximate surface area is 135 Å². The first kappa shape index (κ1) is 15.8. The molecule has 2 aromatic rings. The number of nitrogens with one attached hydrogen (secondary N) is 1. The quantitative estimate of drug-likeness (QED) is 0.930. The zero-order valence-electron chi connectivity index (χ0n) is 12.9. The second kappa shape index (κ2) is 6.20. The van der Waals surface area contributed by atoms with Crippen LogP contribution in [0, 0.1) is 0 Å². The highest BCUT2D eigenvalue weighted by Gasteiger charge is 2.29. The summed E-state index contributed by atoms with van der Waals surface area (Å²) in [5.41, 5.74) is 0.440. The second-order valence-electron chi connectivity index (χ2n) is 5.70. The molecule has 2 aromatic carbocycles. The molecule has 0 aromatic heterocycles. The molecule has 1 fully saturated rings. The van der Waals surface area contributed by atoms with E-state index in [9.17, 15) is 13.2 Å². The largest absolute Gasteiger partial charge is 0.493 e. The van der Waals surface area contributed by atoms with Crippen LogP contribution >= 0.6 is 0 Å². The van der Waals surface area contributed by atoms with Crippen LogP contribution in [0.15, 0.2) is 36.4 Å². The molecule has 122 valence electrons. The van der Waals surface area contributed by atoms with Gasteiger partial charge in [-0.25, -0.2) is 8.42 Å². The first-order chi connectivity index (χ1) is 11.0. The van der Waals surface area contributed by atoms with Gasteiger partial charge in [0.2, 0.25) is 0 Å². The second-order valence-corrected chi connectivity index (χ2v) is 7.93. The Bertz CT molecular complexity index is 845. The predicted octanol–water partition coefficient (Wildman–Crippen LogP) is 2.16. The number of carbonyl (C=O) groups excluding carboxylic acids is 1. The minimum absolute atomic E-state index is 0.0102. The lowest BCUT2D eigenvalue weighted by atomic mass is 10.0. The lowest BCUT2D eigenvalue weighted by Gasteiger charge is -2.15. The highest BCUT2D eigenvalue weighted by Crippen LogP contribution is 2.26. The summed E-state index contributed by atoms with van der Waals surface area (Å²) in [5.74, 6) is 0.371. The lowest BCUT2D eigenvalue weighted by Crippen LogP contribution is -2.35. The van der Waals surface area contributed by atoms with Crippen molar-refractivity contribution in [3.8, 4) is 5.75 Å². The number of hydrogen-bond acceptors (Lipinski definition) is 4. The number of amides is 1. The van der Waals surface area contributed by atoms with Crippen LogP contribution in [0.4, 0.5) is 0 Å². The van der Waals surface area contributed by atoms with Gasteiger partial charge in [-0.1, -0.05) is 24.3 Å². The molecular formula is C17H19NO4S. The SMILES string of the molecule is CCOc1cc2ccccc2cc1C(=O)NC1CCS(=O)(=O)C1. The molecule has 6 heteroatoms. The van der Waals surface area contributed by atoms with Crippen molar-refractivity contribution in [3.63, 3.8) is 0 Å². The van der Waals surface area contributed by atoms with Gasteiger partial charge in [-0.2, -0.15) is 0 Å². The van der Waals surface area contributed by atoms with Crippen molar-refractivity contribution in [3.05, 3.63) is 42.0 Å². The van der Waals surface area contributed by atoms with Crippen LogP contribution in [0.25, 0.3) is 10.8 Å². The van der Waals surface area contributed by atoms with E-state index in [4.69, 9.17) is 4.74 Å². The third kappa shape index (κ3) is 3.47. The molecule has 1 atom stereocenters. The van der Waals surface area contributed by atoms with E-state index >= 15 is 0 Å². The number of rotatable bonds is 4. The first-order valence-electron chi connectivity index (χ1n) is 7.65. The van der Waals surface area contributed by atoms with Gasteiger partial charge in [-0.05, 0) is 36.2 Å². The van der Waals surface area contributed by atoms with Crippen LogP contribution in [-0.4, -0.2) is 38.5 Å². The van der Waals surface area contributed by atoms with Gasteiger partial charge in [0.25, 0.3) is 5.91 Å². The number of hydrogen-bond donors (Lipinski definition) is 1. The van der Waals surface area contributed by atoms with E-state index < -0.39 is 9.84 Å². The summed E-state index contributed by atoms with van der Waals surface area (Å²) < 4.78 is 28.6. The maximum Gasteiger partial charge on any atom is 0.255 e. The summed E-state index contributed by atoms with van der Waals surface area (Å²) in [5, 5.41) is 4.76. The zero-order valence-corrected chi connectivity index (χ0v) is 13.7. The lowest BCUT2D eigenvalue weighted by molar-refractivity contribution is 0.0937. The van der Waals surface area contributed by atoms with Gasteiger partial charge in [0, 0.05) is 6.04 Å². The minimum atomic E-state index is -3.02. The zero-order chi connectivity index (χ0) is 16.4. The summed E-state index contributed by atoms with van der Waals surface area (Å²) in [4.78, 5) is 12.6. The fourth-order valence-electron chi connectivity index (χ4n) is 2.84. The summed E-state index contributed by atoms with van der Waals surface area (Å²) in [6.45, 7) is 2.32. The van der Waals surface area contributed by atoms with Crippen molar-refractivity contribution < 1.29 is 17.9 Å². The van der Waals surface area contributed by atoms with E-state index in [0.717, 1.165) is 10.8 Å². The van der Waals surface area contributed by atoms with E-state index in [2.05, 4.69) is 5.32 Å². The predicted molar refractivity (Wildman–Crippen MR) is 89.6 cm³/mol. The fourth-order valence-corrected chi connectivity index (χ4v) is 4.52. The Balaban J connectivity index is 1.90. The Morgan fingerprint density at radius 3 is 2.57 bits per heavy atom. The van der Waals surface area contributed by atoms with E-state index in [-0.39, 0.29) is 23.5 Å². The molecule has 1 aliphatic heterocycles. The van der Waals surface area contributed by atoms with Crippen LogP contribution in [0.2, 0.25) is 0 Å². The number of benzene rings is 2. The molecule has 5 nitrogen and oxygen atoms in total. The number of carbonyl (C=O) groups is 1. The number of sulfone groups is 1. The number of fused-ring (bicyclic) bond motifs is 1. The Morgan fingerprint density at radius 1 is 1.26 bits per heavy atom. The third-order valence-electron chi connectivity index (χ3n) is 3.96. The average molecular weight is 333 g/mol. The maximum absolute atomic E-state index is 12.6. The van der Waals surface area contributed by atoms with Crippen LogP contribution < -0.4 is 10.1 Å². The average Bonchev–Trinajstić information content (AvgIpc) is 2.85. The molecule has 23 heavy (non-hydrogen) atoms. The standard InChI is InChI=1S/C17H19NO4S/c1-2-22-16-10-13-6-4-3-5-12(13)9-15(16)17(19)18-14-7-8-23(20,21)11-14/h3-6,9-10,14H,2,7-8,11H2,1H3,(H,18,19). The van der Waals surface area contributed by atoms with Crippen molar-refractivity contribution in [1.82, 2.24) is 5.32 Å². The Hall–Kier alpha value is -2.08. The summed E-state index contributed by atoms with van der Waals surface area (Å²) in [6, 6.07) is 11.0. The van der Waals surface area contributed by atoms with Crippen LogP contribution in [0.1, 0.15) is 23.7 Å². The van der Waals surface area contributed by atoms with Gasteiger partial charge in [0.15, 0.2) is 9.84 Å². The molecule has 1 heterocycles. The monoisotopic (exact) mass is 333 g/mol. The highest BCUT2D eigenvalue weighted by molar-refractivity contribution is 7.91. The van der Waals surface area contributed by atoms with Gasteiger partial charge in [0.05, 0.1) is 23.7 Å². The van der Waals surface area contributed by atoms with Crippen LogP contribution in [0.3, 0.4) is 0 Å². The molecule has 0 spiro atoms. The molecule has 0 saturated carbocycles. The minimum Gasteiger partial charge on any atom is -0.493 e. The van der Waals surface area contributed by atoms with E-state index in [0.29, 0.717) is 24.3 Å². The topological polar surface area (TPSA) is 72.5 Å². The van der Waals surface area contributed by atoms with E-state index in [1.54, 1.807) is 6.07 Å². The van der Waals surface area contributed by atoms with Crippen LogP contribution in [-0.2, 0) is 9.84 Å². The van der Waals surface area contributed by atoms with Gasteiger partial charge in [0.1, 0.15) is 5.75 Å². The Morgan fingerprint density at radius 2 is 1.96 bits per heavy atom. The van der Waals surface area contributed by atoms with E-state index in [1.165, 1.54) is 0 Å². The molecule has 0 bridgehead atoms. The molecule has 1 aliphatic rings. The smallest absolute Gasteiger partial charge is 0.255 e. The van der Waals surface area contributed by atoms with Crippen molar-refractivity contribution in [2.24, 2.45) is 0 Å². The molecule has 3 rings (SSSR count). The van der Waals surface area contributed by atoms with Crippen molar-refractivity contribution in [2.45, 2.75) is 19.4 Å². The van der Waals surface area contributed by atoms with Gasteiger partial charge >= 0.3 is 0 Å². The highest BCUT2D eigenvalue weighted by atomic mass is 32.2. The number of ether oxygens (including phenoxy) is 1. The molecule has 1 unspecified atom stereocenters. The molecule has 0 radical (unpaired) electrons. The molecule has 0 aliphatic carbocycles. The molecule has 1 saturated heterocycles. The fraction of sp³-hybridized carbons (Fsp3) is 0.353. The summed E-state index contributed by atoms with van der Waals surface area (Å²) >= 11 is 0. The third-order valence-corrected chi connectivity index (χ3v) is 5.73. The van der Waals surface area contributed by atoms with Gasteiger partial charge in [-0.3, -0.25) is 4.79 Å². The summed E-state index contributed by atoms with van der Waals surface area (Å²) in [7, 11) is -3.02. The molecular weight excluding hydrogens is 314 g/mol.